The summed E-state index contributed by atoms with van der Waals surface area (Å²) in [5.74, 6) is 0. The van der Waals surface area contributed by atoms with Gasteiger partial charge in [-0.15, -0.1) is 0 Å². The van der Waals surface area contributed by atoms with Crippen LogP contribution in [0.3, 0.4) is 0 Å². The first-order valence-corrected chi connectivity index (χ1v) is 3.65. The summed E-state index contributed by atoms with van der Waals surface area (Å²) in [4.78, 5) is 6.59. The van der Waals surface area contributed by atoms with Crippen LogP contribution < -0.4 is 0 Å². The summed E-state index contributed by atoms with van der Waals surface area (Å²) in [6.45, 7) is 2.26. The maximum absolute atomic E-state index is 8.10. The first kappa shape index (κ1) is 10.2. The Balaban J connectivity index is 3.43. The highest BCUT2D eigenvalue weighted by atomic mass is 17.1. The molecule has 0 aromatic carbocycles. The lowest BCUT2D eigenvalue weighted by Crippen LogP contribution is -2.02. The number of rotatable bonds is 6. The second kappa shape index (κ2) is 7.34. The van der Waals surface area contributed by atoms with Gasteiger partial charge in [0, 0.05) is 11.0 Å². The predicted octanol–water partition coefficient (Wildman–Crippen LogP) is 2.35. The largest absolute Gasteiger partial charge is 0.252 e. The zero-order valence-electron chi connectivity index (χ0n) is 6.60. The van der Waals surface area contributed by atoms with Gasteiger partial charge in [0.1, 0.15) is 0 Å². The predicted molar refractivity (Wildman–Crippen MR) is 41.0 cm³/mol. The second-order valence-corrected chi connectivity index (χ2v) is 2.24. The van der Waals surface area contributed by atoms with Gasteiger partial charge in [-0.2, -0.15) is 0 Å². The average molecular weight is 159 g/mol. The van der Waals surface area contributed by atoms with Crippen LogP contribution in [0, 0.1) is 0 Å². The van der Waals surface area contributed by atoms with Crippen LogP contribution in [0.25, 0.3) is 10.4 Å². The van der Waals surface area contributed by atoms with E-state index in [9.17, 15) is 0 Å². The molecule has 0 bridgehead atoms. The summed E-state index contributed by atoms with van der Waals surface area (Å²) in [6, 6.07) is 0.0372. The molecule has 11 heavy (non-hydrogen) atoms. The van der Waals surface area contributed by atoms with Gasteiger partial charge in [-0.25, -0.2) is 4.89 Å². The first-order chi connectivity index (χ1) is 5.35. The summed E-state index contributed by atoms with van der Waals surface area (Å²) >= 11 is 0. The fourth-order valence-electron chi connectivity index (χ4n) is 0.800. The van der Waals surface area contributed by atoms with Crippen molar-refractivity contribution in [3.05, 3.63) is 10.4 Å². The number of nitrogens with zero attached hydrogens (tertiary/aromatic N) is 3. The van der Waals surface area contributed by atoms with E-state index in [4.69, 9.17) is 10.8 Å². The third-order valence-corrected chi connectivity index (χ3v) is 1.46. The van der Waals surface area contributed by atoms with E-state index >= 15 is 0 Å². The Morgan fingerprint density at radius 2 is 2.45 bits per heavy atom. The van der Waals surface area contributed by atoms with Gasteiger partial charge in [0.25, 0.3) is 0 Å². The highest BCUT2D eigenvalue weighted by Gasteiger charge is 2.01. The molecule has 0 aromatic heterocycles. The van der Waals surface area contributed by atoms with Gasteiger partial charge in [-0.3, -0.25) is 5.26 Å². The minimum atomic E-state index is 0.0372. The molecule has 0 heterocycles. The van der Waals surface area contributed by atoms with E-state index in [-0.39, 0.29) is 6.04 Å². The maximum atomic E-state index is 8.10. The van der Waals surface area contributed by atoms with Crippen molar-refractivity contribution in [3.8, 4) is 0 Å². The Bertz CT molecular complexity index is 134. The highest BCUT2D eigenvalue weighted by Crippen LogP contribution is 2.06. The van der Waals surface area contributed by atoms with Crippen molar-refractivity contribution < 1.29 is 10.1 Å². The Morgan fingerprint density at radius 3 is 2.91 bits per heavy atom. The molecular formula is C6H13N3O2. The number of hydrogen-bond donors (Lipinski definition) is 1. The van der Waals surface area contributed by atoms with E-state index in [1.54, 1.807) is 0 Å². The van der Waals surface area contributed by atoms with Crippen molar-refractivity contribution in [1.29, 1.82) is 0 Å². The van der Waals surface area contributed by atoms with Crippen LogP contribution in [-0.4, -0.2) is 17.9 Å². The van der Waals surface area contributed by atoms with Crippen molar-refractivity contribution in [3.63, 3.8) is 0 Å². The fourth-order valence-corrected chi connectivity index (χ4v) is 0.800. The summed E-state index contributed by atoms with van der Waals surface area (Å²) in [6.07, 6.45) is 2.31. The lowest BCUT2D eigenvalue weighted by molar-refractivity contribution is -0.242. The van der Waals surface area contributed by atoms with Crippen molar-refractivity contribution in [2.45, 2.75) is 32.2 Å². The lowest BCUT2D eigenvalue weighted by atomic mass is 10.1. The minimum Gasteiger partial charge on any atom is -0.252 e. The molecule has 0 saturated carbocycles. The van der Waals surface area contributed by atoms with E-state index in [1.807, 2.05) is 6.92 Å². The van der Waals surface area contributed by atoms with E-state index in [0.29, 0.717) is 13.0 Å². The summed E-state index contributed by atoms with van der Waals surface area (Å²) in [7, 11) is 0. The standard InChI is InChI=1S/C6H13N3O2/c1-2-6(8-9-7)4-3-5-11-10/h6,10H,2-5H2,1H3. The second-order valence-electron chi connectivity index (χ2n) is 2.24. The summed E-state index contributed by atoms with van der Waals surface area (Å²) in [5, 5.41) is 11.5. The van der Waals surface area contributed by atoms with E-state index in [0.717, 1.165) is 12.8 Å². The molecule has 5 nitrogen and oxygen atoms in total. The van der Waals surface area contributed by atoms with Gasteiger partial charge >= 0.3 is 0 Å². The van der Waals surface area contributed by atoms with Gasteiger partial charge in [-0.05, 0) is 24.8 Å². The molecule has 0 spiro atoms. The smallest absolute Gasteiger partial charge is 0.0819 e. The van der Waals surface area contributed by atoms with Gasteiger partial charge in [0.15, 0.2) is 0 Å². The Morgan fingerprint density at radius 1 is 1.73 bits per heavy atom. The molecule has 64 valence electrons. The monoisotopic (exact) mass is 159 g/mol. The van der Waals surface area contributed by atoms with Crippen LogP contribution in [0.2, 0.25) is 0 Å². The quantitative estimate of drug-likeness (QED) is 0.161. The van der Waals surface area contributed by atoms with Crippen LogP contribution in [0.5, 0.6) is 0 Å². The third-order valence-electron chi connectivity index (χ3n) is 1.46. The Labute approximate surface area is 65.5 Å². The number of azide groups is 1. The topological polar surface area (TPSA) is 78.2 Å². The van der Waals surface area contributed by atoms with E-state index in [1.165, 1.54) is 0 Å². The van der Waals surface area contributed by atoms with Crippen molar-refractivity contribution in [1.82, 2.24) is 0 Å². The molecule has 0 aliphatic rings. The molecule has 0 aliphatic heterocycles. The summed E-state index contributed by atoms with van der Waals surface area (Å²) in [5.41, 5.74) is 8.10. The van der Waals surface area contributed by atoms with Crippen LogP contribution in [0.4, 0.5) is 0 Å². The van der Waals surface area contributed by atoms with Gasteiger partial charge in [0.2, 0.25) is 0 Å². The molecular weight excluding hydrogens is 146 g/mol. The summed E-state index contributed by atoms with van der Waals surface area (Å²) < 4.78 is 0. The SMILES string of the molecule is CCC(CCCOO)N=[N+]=[N-]. The minimum absolute atomic E-state index is 0.0372. The highest BCUT2D eigenvalue weighted by molar-refractivity contribution is 4.64. The van der Waals surface area contributed by atoms with Gasteiger partial charge in [-0.1, -0.05) is 12.0 Å². The average Bonchev–Trinajstić information content (AvgIpc) is 2.03. The molecule has 1 N–H and O–H groups in total. The fraction of sp³-hybridized carbons (Fsp3) is 1.00. The van der Waals surface area contributed by atoms with Gasteiger partial charge < -0.3 is 0 Å². The molecule has 5 heteroatoms. The number of hydrogen-bond acceptors (Lipinski definition) is 3. The maximum Gasteiger partial charge on any atom is 0.0819 e. The zero-order chi connectivity index (χ0) is 8.53. The molecule has 0 rings (SSSR count). The lowest BCUT2D eigenvalue weighted by Gasteiger charge is -2.05. The van der Waals surface area contributed by atoms with E-state index < -0.39 is 0 Å². The first-order valence-electron chi connectivity index (χ1n) is 3.65. The zero-order valence-corrected chi connectivity index (χ0v) is 6.60. The van der Waals surface area contributed by atoms with Crippen molar-refractivity contribution in [2.24, 2.45) is 5.11 Å². The van der Waals surface area contributed by atoms with Crippen molar-refractivity contribution >= 4 is 0 Å². The van der Waals surface area contributed by atoms with Crippen LogP contribution >= 0.6 is 0 Å². The van der Waals surface area contributed by atoms with Gasteiger partial charge in [0.05, 0.1) is 6.61 Å². The molecule has 0 saturated heterocycles. The third kappa shape index (κ3) is 5.66. The molecule has 0 amide bonds. The molecule has 0 aliphatic carbocycles. The van der Waals surface area contributed by atoms with Crippen LogP contribution in [-0.2, 0) is 4.89 Å². The van der Waals surface area contributed by atoms with Crippen LogP contribution in [0.1, 0.15) is 26.2 Å². The molecule has 1 unspecified atom stereocenters. The Hall–Kier alpha value is -0.770. The Kier molecular flexibility index (Phi) is 6.82. The molecule has 1 atom stereocenters. The van der Waals surface area contributed by atoms with E-state index in [2.05, 4.69) is 14.9 Å². The molecule has 0 radical (unpaired) electrons. The molecule has 0 fully saturated rings. The van der Waals surface area contributed by atoms with Crippen LogP contribution in [0.15, 0.2) is 5.11 Å². The molecule has 0 aromatic rings. The van der Waals surface area contributed by atoms with Crippen molar-refractivity contribution in [2.75, 3.05) is 6.61 Å². The normalized spacial score (nSPS) is 12.2.